The first-order valence-electron chi connectivity index (χ1n) is 9.98. The van der Waals surface area contributed by atoms with Crippen LogP contribution in [-0.4, -0.2) is 15.5 Å². The van der Waals surface area contributed by atoms with Crippen LogP contribution in [0.3, 0.4) is 0 Å². The molecule has 0 spiro atoms. The van der Waals surface area contributed by atoms with Gasteiger partial charge in [-0.2, -0.15) is 23.5 Å². The highest BCUT2D eigenvalue weighted by atomic mass is 79.9. The summed E-state index contributed by atoms with van der Waals surface area (Å²) in [6, 6.07) is 5.78. The van der Waals surface area contributed by atoms with Crippen molar-refractivity contribution in [3.05, 3.63) is 57.6 Å². The number of rotatable bonds is 4. The Labute approximate surface area is 193 Å². The summed E-state index contributed by atoms with van der Waals surface area (Å²) < 4.78 is 47.1. The second-order valence-electron chi connectivity index (χ2n) is 7.82. The Hall–Kier alpha value is -2.91. The maximum Gasteiger partial charge on any atom is 0.416 e. The number of benzene rings is 1. The molecule has 9 heteroatoms. The van der Waals surface area contributed by atoms with Gasteiger partial charge in [-0.25, -0.2) is 5.10 Å². The average Bonchev–Trinajstić information content (AvgIpc) is 3.09. The first kappa shape index (κ1) is 23.7. The highest BCUT2D eigenvalue weighted by molar-refractivity contribution is 9.09. The highest BCUT2D eigenvalue weighted by Crippen LogP contribution is 2.53. The molecule has 1 atom stereocenters. The average molecular weight is 507 g/mol. The molecule has 1 aliphatic rings. The van der Waals surface area contributed by atoms with Gasteiger partial charge in [0, 0.05) is 17.3 Å². The molecule has 0 radical (unpaired) electrons. The summed E-state index contributed by atoms with van der Waals surface area (Å²) in [7, 11) is 0. The van der Waals surface area contributed by atoms with Gasteiger partial charge < -0.3 is 10.5 Å². The number of nitrogens with two attached hydrogens (primary N) is 1. The van der Waals surface area contributed by atoms with E-state index in [2.05, 4.69) is 44.0 Å². The number of aromatic nitrogens is 2. The van der Waals surface area contributed by atoms with Crippen LogP contribution >= 0.6 is 15.9 Å². The molecule has 1 aliphatic heterocycles. The van der Waals surface area contributed by atoms with E-state index in [1.807, 2.05) is 13.8 Å². The maximum absolute atomic E-state index is 13.9. The summed E-state index contributed by atoms with van der Waals surface area (Å²) in [5, 5.41) is 17.7. The lowest BCUT2D eigenvalue weighted by Crippen LogP contribution is -2.41. The summed E-state index contributed by atoms with van der Waals surface area (Å²) in [6.45, 7) is 5.36. The van der Waals surface area contributed by atoms with Gasteiger partial charge in [-0.15, -0.1) is 0 Å². The van der Waals surface area contributed by atoms with Gasteiger partial charge >= 0.3 is 6.18 Å². The maximum atomic E-state index is 13.9. The van der Waals surface area contributed by atoms with E-state index in [0.29, 0.717) is 17.7 Å². The normalized spacial score (nSPS) is 18.0. The Kier molecular flexibility index (Phi) is 6.61. The van der Waals surface area contributed by atoms with Crippen molar-refractivity contribution in [2.45, 2.75) is 45.2 Å². The number of hydrogen-bond donors (Lipinski definition) is 2. The fraction of sp³-hybridized carbons (Fsp3) is 0.391. The molecular formula is C23H22BrF3N4O. The van der Waals surface area contributed by atoms with Crippen molar-refractivity contribution in [2.24, 2.45) is 11.7 Å². The standard InChI is InChI=1S/C23H22BrF3N4O/c1-13(2)22(18(12-28)20(29)32-21-19(22)14(3)30-31-21)16-9-15(7-5-4-6-8-24)10-17(11-16)23(25,26)27/h9-11,13H,4,6,8,29H2,1-3H3,(H,30,31). The van der Waals surface area contributed by atoms with Gasteiger partial charge in [-0.3, -0.25) is 0 Å². The van der Waals surface area contributed by atoms with E-state index in [0.717, 1.165) is 23.9 Å². The number of aryl methyl sites for hydroxylation is 1. The van der Waals surface area contributed by atoms with Crippen molar-refractivity contribution in [1.82, 2.24) is 10.2 Å². The van der Waals surface area contributed by atoms with Crippen LogP contribution in [0.2, 0.25) is 0 Å². The van der Waals surface area contributed by atoms with E-state index >= 15 is 0 Å². The van der Waals surface area contributed by atoms with E-state index < -0.39 is 17.2 Å². The molecule has 0 fully saturated rings. The summed E-state index contributed by atoms with van der Waals surface area (Å²) in [6.07, 6.45) is -3.27. The van der Waals surface area contributed by atoms with Crippen LogP contribution in [0.15, 0.2) is 29.7 Å². The molecule has 5 nitrogen and oxygen atoms in total. The first-order chi connectivity index (χ1) is 15.1. The van der Waals surface area contributed by atoms with E-state index in [1.165, 1.54) is 0 Å². The zero-order chi connectivity index (χ0) is 23.7. The SMILES string of the molecule is Cc1n[nH]c2c1C(c1cc(C#CCCCBr)cc(C(F)(F)F)c1)(C(C)C)C(C#N)=C(N)O2. The van der Waals surface area contributed by atoms with Crippen LogP contribution in [0.1, 0.15) is 54.6 Å². The summed E-state index contributed by atoms with van der Waals surface area (Å²) in [4.78, 5) is 0. The van der Waals surface area contributed by atoms with Crippen LogP contribution in [0, 0.1) is 36.0 Å². The molecule has 1 aromatic carbocycles. The van der Waals surface area contributed by atoms with Crippen molar-refractivity contribution in [2.75, 3.05) is 5.33 Å². The quantitative estimate of drug-likeness (QED) is 0.335. The number of unbranched alkanes of at least 4 members (excludes halogenated alkanes) is 1. The molecule has 0 aliphatic carbocycles. The molecule has 168 valence electrons. The third-order valence-electron chi connectivity index (χ3n) is 5.52. The van der Waals surface area contributed by atoms with Gasteiger partial charge in [-0.1, -0.05) is 41.6 Å². The molecule has 2 aromatic rings. The fourth-order valence-electron chi connectivity index (χ4n) is 4.18. The second-order valence-corrected chi connectivity index (χ2v) is 8.61. The van der Waals surface area contributed by atoms with Gasteiger partial charge in [-0.05, 0) is 43.0 Å². The summed E-state index contributed by atoms with van der Waals surface area (Å²) in [5.74, 6) is 5.47. The number of nitriles is 1. The highest BCUT2D eigenvalue weighted by Gasteiger charge is 2.51. The molecule has 3 rings (SSSR count). The Bertz CT molecular complexity index is 1160. The number of alkyl halides is 4. The molecule has 0 bridgehead atoms. The van der Waals surface area contributed by atoms with Crippen LogP contribution in [0.25, 0.3) is 0 Å². The Morgan fingerprint density at radius 3 is 2.62 bits per heavy atom. The molecule has 1 aromatic heterocycles. The minimum atomic E-state index is -4.60. The Morgan fingerprint density at radius 1 is 1.31 bits per heavy atom. The number of H-pyrrole nitrogens is 1. The van der Waals surface area contributed by atoms with Crippen LogP contribution in [0.5, 0.6) is 5.88 Å². The number of hydrogen-bond acceptors (Lipinski definition) is 4. The summed E-state index contributed by atoms with van der Waals surface area (Å²) >= 11 is 3.31. The molecule has 32 heavy (non-hydrogen) atoms. The molecule has 1 unspecified atom stereocenters. The minimum absolute atomic E-state index is 0.0435. The van der Waals surface area contributed by atoms with Crippen molar-refractivity contribution >= 4 is 15.9 Å². The fourth-order valence-corrected chi connectivity index (χ4v) is 4.46. The topological polar surface area (TPSA) is 87.7 Å². The lowest BCUT2D eigenvalue weighted by molar-refractivity contribution is -0.137. The summed E-state index contributed by atoms with van der Waals surface area (Å²) in [5.41, 5.74) is 5.47. The predicted molar refractivity (Wildman–Crippen MR) is 118 cm³/mol. The number of halogens is 4. The zero-order valence-corrected chi connectivity index (χ0v) is 19.4. The Morgan fingerprint density at radius 2 is 2.03 bits per heavy atom. The van der Waals surface area contributed by atoms with Gasteiger partial charge in [0.2, 0.25) is 11.8 Å². The third kappa shape index (κ3) is 3.98. The minimum Gasteiger partial charge on any atom is -0.422 e. The number of nitrogens with zero attached hydrogens (tertiary/aromatic N) is 2. The predicted octanol–water partition coefficient (Wildman–Crippen LogP) is 5.29. The van der Waals surface area contributed by atoms with Crippen molar-refractivity contribution in [3.8, 4) is 23.8 Å². The van der Waals surface area contributed by atoms with Crippen molar-refractivity contribution < 1.29 is 17.9 Å². The second kappa shape index (κ2) is 8.91. The molecule has 3 N–H and O–H groups in total. The number of allylic oxidation sites excluding steroid dienone is 1. The van der Waals surface area contributed by atoms with Crippen molar-refractivity contribution in [3.63, 3.8) is 0 Å². The van der Waals surface area contributed by atoms with E-state index in [1.54, 1.807) is 13.0 Å². The Balaban J connectivity index is 2.39. The van der Waals surface area contributed by atoms with Gasteiger partial charge in [0.15, 0.2) is 0 Å². The largest absolute Gasteiger partial charge is 0.422 e. The van der Waals surface area contributed by atoms with E-state index in [4.69, 9.17) is 10.5 Å². The van der Waals surface area contributed by atoms with E-state index in [9.17, 15) is 18.4 Å². The molecule has 2 heterocycles. The first-order valence-corrected chi connectivity index (χ1v) is 11.1. The number of ether oxygens (including phenoxy) is 1. The van der Waals surface area contributed by atoms with Gasteiger partial charge in [0.05, 0.1) is 22.2 Å². The van der Waals surface area contributed by atoms with Crippen molar-refractivity contribution in [1.29, 1.82) is 5.26 Å². The molecule has 0 amide bonds. The number of nitrogens with one attached hydrogen (secondary N) is 1. The van der Waals surface area contributed by atoms with Gasteiger partial charge in [0.1, 0.15) is 11.6 Å². The monoisotopic (exact) mass is 506 g/mol. The molecule has 0 saturated heterocycles. The van der Waals surface area contributed by atoms with E-state index in [-0.39, 0.29) is 34.4 Å². The lowest BCUT2D eigenvalue weighted by Gasteiger charge is -2.41. The van der Waals surface area contributed by atoms with Gasteiger partial charge in [0.25, 0.3) is 0 Å². The number of aromatic amines is 1. The number of fused-ring (bicyclic) bond motifs is 1. The van der Waals surface area contributed by atoms with Crippen LogP contribution in [0.4, 0.5) is 13.2 Å². The third-order valence-corrected chi connectivity index (χ3v) is 6.08. The smallest absolute Gasteiger partial charge is 0.416 e. The zero-order valence-electron chi connectivity index (χ0n) is 17.8. The van der Waals surface area contributed by atoms with Crippen LogP contribution in [-0.2, 0) is 11.6 Å². The van der Waals surface area contributed by atoms with Crippen LogP contribution < -0.4 is 10.5 Å². The lowest BCUT2D eigenvalue weighted by atomic mass is 9.61. The molecule has 0 saturated carbocycles. The molecular weight excluding hydrogens is 485 g/mol.